The van der Waals surface area contributed by atoms with Crippen LogP contribution in [0.25, 0.3) is 5.70 Å². The van der Waals surface area contributed by atoms with Crippen molar-refractivity contribution in [3.05, 3.63) is 71.5 Å². The number of carbonyl (C=O) groups is 1. The van der Waals surface area contributed by atoms with E-state index < -0.39 is 41.0 Å². The molecule has 3 heterocycles. The number of esters is 1. The molecule has 1 unspecified atom stereocenters. The van der Waals surface area contributed by atoms with Crippen molar-refractivity contribution >= 4 is 11.7 Å². The maximum absolute atomic E-state index is 13.6. The third kappa shape index (κ3) is 4.21. The Labute approximate surface area is 208 Å². The number of aromatic nitrogens is 4. The van der Waals surface area contributed by atoms with Crippen molar-refractivity contribution in [1.29, 1.82) is 0 Å². The molecular formula is C24H23F4N5O4. The number of hydrogen-bond donors (Lipinski definition) is 1. The van der Waals surface area contributed by atoms with Gasteiger partial charge in [-0.2, -0.15) is 17.9 Å². The second-order valence-electron chi connectivity index (χ2n) is 9.01. The van der Waals surface area contributed by atoms with Crippen LogP contribution in [0.3, 0.4) is 0 Å². The number of alkyl halides is 3. The second-order valence-corrected chi connectivity index (χ2v) is 9.01. The van der Waals surface area contributed by atoms with Crippen molar-refractivity contribution in [3.8, 4) is 0 Å². The number of halogens is 4. The Balaban J connectivity index is 1.48. The van der Waals surface area contributed by atoms with E-state index in [0.717, 1.165) is 5.56 Å². The van der Waals surface area contributed by atoms with Gasteiger partial charge in [0.1, 0.15) is 5.82 Å². The van der Waals surface area contributed by atoms with E-state index in [1.54, 1.807) is 18.2 Å². The van der Waals surface area contributed by atoms with Gasteiger partial charge in [-0.3, -0.25) is 4.79 Å². The van der Waals surface area contributed by atoms with Crippen LogP contribution in [0.5, 0.6) is 0 Å². The number of benzene rings is 1. The van der Waals surface area contributed by atoms with Crippen LogP contribution in [0, 0.1) is 11.7 Å². The minimum absolute atomic E-state index is 0.0510. The fourth-order valence-corrected chi connectivity index (χ4v) is 5.37. The molecule has 0 amide bonds. The number of dihydropyridines is 1. The van der Waals surface area contributed by atoms with Crippen molar-refractivity contribution in [3.63, 3.8) is 0 Å². The van der Waals surface area contributed by atoms with Gasteiger partial charge in [-0.25, -0.2) is 4.39 Å². The molecule has 2 aliphatic heterocycles. The lowest BCUT2D eigenvalue weighted by molar-refractivity contribution is -0.147. The number of nitrogens with one attached hydrogen (secondary N) is 1. The lowest BCUT2D eigenvalue weighted by Crippen LogP contribution is -2.46. The molecule has 3 aliphatic rings. The van der Waals surface area contributed by atoms with Gasteiger partial charge in [0, 0.05) is 24.8 Å². The molecule has 5 rings (SSSR count). The standard InChI is InChI=1S/C24H23F4N5O4/c1-35-20(34)18-8-9-22(19(18)14-3-5-16(25)6-4-14)11-15(13-37-22)23(36-2)10-7-17(12-29-23)33-21(24(26,27)28)30-31-32-33/h3-7,10-12,18-19,29H,8-9,13H2,1-2H3/t18-,19+,22+,23?/m0/s1. The number of nitrogens with zero attached hydrogens (tertiary/aromatic N) is 4. The smallest absolute Gasteiger partial charge is 0.453 e. The van der Waals surface area contributed by atoms with E-state index in [-0.39, 0.29) is 18.3 Å². The topological polar surface area (TPSA) is 100 Å². The maximum atomic E-state index is 13.6. The van der Waals surface area contributed by atoms with E-state index in [1.165, 1.54) is 38.6 Å². The molecule has 37 heavy (non-hydrogen) atoms. The molecule has 196 valence electrons. The van der Waals surface area contributed by atoms with Crippen LogP contribution >= 0.6 is 0 Å². The Hall–Kier alpha value is -3.58. The normalized spacial score (nSPS) is 29.2. The van der Waals surface area contributed by atoms with Crippen LogP contribution < -0.4 is 5.32 Å². The summed E-state index contributed by atoms with van der Waals surface area (Å²) in [4.78, 5) is 12.6. The van der Waals surface area contributed by atoms with Gasteiger partial charge in [0.15, 0.2) is 5.72 Å². The molecule has 1 aliphatic carbocycles. The molecule has 4 atom stereocenters. The predicted molar refractivity (Wildman–Crippen MR) is 120 cm³/mol. The molecular weight excluding hydrogens is 498 g/mol. The van der Waals surface area contributed by atoms with Crippen molar-refractivity contribution < 1.29 is 36.6 Å². The highest BCUT2D eigenvalue weighted by Gasteiger charge is 2.55. The number of hydrogen-bond acceptors (Lipinski definition) is 8. The van der Waals surface area contributed by atoms with E-state index in [2.05, 4.69) is 20.8 Å². The predicted octanol–water partition coefficient (Wildman–Crippen LogP) is 3.19. The Morgan fingerprint density at radius 2 is 2.00 bits per heavy atom. The van der Waals surface area contributed by atoms with Gasteiger partial charge in [-0.1, -0.05) is 12.1 Å². The Morgan fingerprint density at radius 1 is 1.24 bits per heavy atom. The molecule has 9 nitrogen and oxygen atoms in total. The lowest BCUT2D eigenvalue weighted by Gasteiger charge is -2.33. The van der Waals surface area contributed by atoms with Crippen LogP contribution in [-0.2, 0) is 25.2 Å². The fourth-order valence-electron chi connectivity index (χ4n) is 5.37. The number of ether oxygens (including phenoxy) is 3. The van der Waals surface area contributed by atoms with Gasteiger partial charge < -0.3 is 19.5 Å². The van der Waals surface area contributed by atoms with Gasteiger partial charge >= 0.3 is 12.1 Å². The summed E-state index contributed by atoms with van der Waals surface area (Å²) in [5.41, 5.74) is -0.681. The van der Waals surface area contributed by atoms with Gasteiger partial charge in [0.25, 0.3) is 5.82 Å². The van der Waals surface area contributed by atoms with Crippen molar-refractivity contribution in [2.75, 3.05) is 20.8 Å². The van der Waals surface area contributed by atoms with E-state index >= 15 is 0 Å². The Bertz CT molecular complexity index is 1290. The molecule has 2 aromatic rings. The first-order valence-corrected chi connectivity index (χ1v) is 11.4. The third-order valence-electron chi connectivity index (χ3n) is 7.11. The molecule has 1 N–H and O–H groups in total. The van der Waals surface area contributed by atoms with Crippen LogP contribution in [0.1, 0.15) is 30.1 Å². The molecule has 1 spiro atoms. The lowest BCUT2D eigenvalue weighted by atomic mass is 9.79. The van der Waals surface area contributed by atoms with Gasteiger partial charge in [0.05, 0.1) is 30.9 Å². The highest BCUT2D eigenvalue weighted by molar-refractivity contribution is 5.75. The first-order chi connectivity index (χ1) is 17.6. The first-order valence-electron chi connectivity index (χ1n) is 11.4. The fraction of sp³-hybridized carbons (Fsp3) is 0.417. The zero-order valence-corrected chi connectivity index (χ0v) is 19.8. The second kappa shape index (κ2) is 9.06. The van der Waals surface area contributed by atoms with E-state index in [1.807, 2.05) is 6.08 Å². The molecule has 1 fully saturated rings. The number of rotatable bonds is 5. The number of methoxy groups -OCH3 is 2. The summed E-state index contributed by atoms with van der Waals surface area (Å²) < 4.78 is 71.1. The minimum Gasteiger partial charge on any atom is -0.469 e. The van der Waals surface area contributed by atoms with Gasteiger partial charge in [-0.05, 0) is 59.2 Å². The molecule has 13 heteroatoms. The SMILES string of the molecule is COC(=O)[C@H]1CC[C@@]2(C=C(C3(OC)C=CC(n4nnnc4C(F)(F)F)=CN3)CO2)[C@@H]1c1ccc(F)cc1. The summed E-state index contributed by atoms with van der Waals surface area (Å²) in [5.74, 6) is -3.00. The van der Waals surface area contributed by atoms with Crippen LogP contribution in [0.2, 0.25) is 0 Å². The summed E-state index contributed by atoms with van der Waals surface area (Å²) >= 11 is 0. The number of tetrazole rings is 1. The third-order valence-corrected chi connectivity index (χ3v) is 7.11. The van der Waals surface area contributed by atoms with Crippen LogP contribution in [-0.4, -0.2) is 58.3 Å². The number of allylic oxidation sites excluding steroid dienone is 2. The van der Waals surface area contributed by atoms with E-state index in [0.29, 0.717) is 23.1 Å². The Morgan fingerprint density at radius 3 is 2.62 bits per heavy atom. The van der Waals surface area contributed by atoms with Gasteiger partial charge in [0.2, 0.25) is 0 Å². The van der Waals surface area contributed by atoms with Crippen LogP contribution in [0.4, 0.5) is 17.6 Å². The average Bonchev–Trinajstić information content (AvgIpc) is 3.63. The summed E-state index contributed by atoms with van der Waals surface area (Å²) in [7, 11) is 2.77. The van der Waals surface area contributed by atoms with Crippen molar-refractivity contribution in [1.82, 2.24) is 25.5 Å². The zero-order chi connectivity index (χ0) is 26.4. The number of carbonyl (C=O) groups excluding carboxylic acids is 1. The van der Waals surface area contributed by atoms with Crippen molar-refractivity contribution in [2.24, 2.45) is 5.92 Å². The van der Waals surface area contributed by atoms with Crippen molar-refractivity contribution in [2.45, 2.75) is 36.3 Å². The van der Waals surface area contributed by atoms with Crippen LogP contribution in [0.15, 0.2) is 54.3 Å². The quantitative estimate of drug-likeness (QED) is 0.364. The highest BCUT2D eigenvalue weighted by atomic mass is 19.4. The monoisotopic (exact) mass is 521 g/mol. The summed E-state index contributed by atoms with van der Waals surface area (Å²) in [6, 6.07) is 5.92. The maximum Gasteiger partial charge on any atom is 0.453 e. The molecule has 1 saturated carbocycles. The Kier molecular flexibility index (Phi) is 6.15. The largest absolute Gasteiger partial charge is 0.469 e. The average molecular weight is 521 g/mol. The first kappa shape index (κ1) is 25.1. The molecule has 1 aromatic heterocycles. The minimum atomic E-state index is -4.74. The summed E-state index contributed by atoms with van der Waals surface area (Å²) in [6.07, 6.45) is 2.44. The summed E-state index contributed by atoms with van der Waals surface area (Å²) in [6.45, 7) is 0.124. The molecule has 0 saturated heterocycles. The highest BCUT2D eigenvalue weighted by Crippen LogP contribution is 2.54. The molecule has 0 radical (unpaired) electrons. The molecule has 0 bridgehead atoms. The van der Waals surface area contributed by atoms with E-state index in [4.69, 9.17) is 14.2 Å². The molecule has 1 aromatic carbocycles. The van der Waals surface area contributed by atoms with E-state index in [9.17, 15) is 22.4 Å². The zero-order valence-electron chi connectivity index (χ0n) is 19.8. The summed E-state index contributed by atoms with van der Waals surface area (Å²) in [5, 5.41) is 12.7. The van der Waals surface area contributed by atoms with Gasteiger partial charge in [-0.15, -0.1) is 5.10 Å².